The van der Waals surface area contributed by atoms with Crippen molar-refractivity contribution in [2.24, 2.45) is 0 Å². The Morgan fingerprint density at radius 1 is 1.75 bits per heavy atom. The van der Waals surface area contributed by atoms with E-state index in [1.807, 2.05) is 35.3 Å². The molecule has 0 aromatic rings. The van der Waals surface area contributed by atoms with Crippen LogP contribution in [0.2, 0.25) is 0 Å². The van der Waals surface area contributed by atoms with Gasteiger partial charge in [-0.2, -0.15) is 24.4 Å². The number of thioether (sulfide) groups is 3. The Labute approximate surface area is 93.1 Å². The summed E-state index contributed by atoms with van der Waals surface area (Å²) in [4.78, 5) is 1.57. The average molecular weight is 238 g/mol. The van der Waals surface area contributed by atoms with Gasteiger partial charge in [0.15, 0.2) is 0 Å². The van der Waals surface area contributed by atoms with E-state index in [1.165, 1.54) is 17.3 Å². The Morgan fingerprint density at radius 3 is 3.17 bits per heavy atom. The highest BCUT2D eigenvalue weighted by atomic mass is 32.2. The van der Waals surface area contributed by atoms with Crippen LogP contribution in [0.25, 0.3) is 0 Å². The Bertz CT molecular complexity index is 155. The van der Waals surface area contributed by atoms with Crippen molar-refractivity contribution in [1.29, 1.82) is 0 Å². The fourth-order valence-electron chi connectivity index (χ4n) is 0.974. The van der Waals surface area contributed by atoms with Crippen LogP contribution in [0.4, 0.5) is 0 Å². The van der Waals surface area contributed by atoms with Crippen molar-refractivity contribution >= 4 is 47.9 Å². The van der Waals surface area contributed by atoms with Gasteiger partial charge in [0, 0.05) is 16.1 Å². The summed E-state index contributed by atoms with van der Waals surface area (Å²) in [5, 5.41) is 4.29. The summed E-state index contributed by atoms with van der Waals surface area (Å²) >= 11 is 10.1. The summed E-state index contributed by atoms with van der Waals surface area (Å²) in [6.07, 6.45) is 1.25. The topological polar surface area (TPSA) is 0 Å². The van der Waals surface area contributed by atoms with Crippen molar-refractivity contribution in [2.45, 2.75) is 18.6 Å². The summed E-state index contributed by atoms with van der Waals surface area (Å²) in [5.41, 5.74) is 0. The molecule has 0 aromatic heterocycles. The highest BCUT2D eigenvalue weighted by molar-refractivity contribution is 8.22. The summed E-state index contributed by atoms with van der Waals surface area (Å²) in [7, 11) is 0. The maximum absolute atomic E-state index is 4.20. The fourth-order valence-corrected chi connectivity index (χ4v) is 4.48. The lowest BCUT2D eigenvalue weighted by Crippen LogP contribution is -1.98. The van der Waals surface area contributed by atoms with Gasteiger partial charge in [-0.05, 0) is 22.5 Å². The average Bonchev–Trinajstić information content (AvgIpc) is 2.53. The molecule has 0 aliphatic carbocycles. The van der Waals surface area contributed by atoms with Gasteiger partial charge in [-0.25, -0.2) is 0 Å². The van der Waals surface area contributed by atoms with Gasteiger partial charge in [-0.15, -0.1) is 23.5 Å². The normalized spacial score (nSPS) is 19.3. The van der Waals surface area contributed by atoms with Gasteiger partial charge in [0.25, 0.3) is 0 Å². The Balaban J connectivity index is 2.12. The Kier molecular flexibility index (Phi) is 6.14. The molecule has 1 aliphatic heterocycles. The molecule has 70 valence electrons. The molecule has 1 unspecified atom stereocenters. The maximum atomic E-state index is 4.20. The molecule has 1 heterocycles. The lowest BCUT2D eigenvalue weighted by Gasteiger charge is -2.09. The minimum Gasteiger partial charge on any atom is -0.179 e. The lowest BCUT2D eigenvalue weighted by molar-refractivity contribution is 0.972. The van der Waals surface area contributed by atoms with Gasteiger partial charge in [-0.1, -0.05) is 6.92 Å². The van der Waals surface area contributed by atoms with E-state index < -0.39 is 0 Å². The van der Waals surface area contributed by atoms with Crippen molar-refractivity contribution in [1.82, 2.24) is 0 Å². The number of allylic oxidation sites excluding steroid dienone is 1. The van der Waals surface area contributed by atoms with Crippen molar-refractivity contribution in [2.75, 3.05) is 16.6 Å². The second-order valence-corrected chi connectivity index (χ2v) is 6.94. The van der Waals surface area contributed by atoms with Gasteiger partial charge >= 0.3 is 0 Å². The summed E-state index contributed by atoms with van der Waals surface area (Å²) in [6, 6.07) is 0. The standard InChI is InChI=1S/C8H14S4/c1-7(11-3-2-9)4-8-5-10-6-12-8/h5,7,9H,2-4,6H2,1H3. The van der Waals surface area contributed by atoms with Crippen LogP contribution in [0, 0.1) is 0 Å². The van der Waals surface area contributed by atoms with Crippen molar-refractivity contribution < 1.29 is 0 Å². The minimum absolute atomic E-state index is 0.759. The van der Waals surface area contributed by atoms with Gasteiger partial charge in [0.1, 0.15) is 0 Å². The highest BCUT2D eigenvalue weighted by Crippen LogP contribution is 2.36. The second-order valence-electron chi connectivity index (χ2n) is 2.62. The van der Waals surface area contributed by atoms with Gasteiger partial charge in [0.2, 0.25) is 0 Å². The molecular formula is C8H14S4. The molecule has 0 bridgehead atoms. The largest absolute Gasteiger partial charge is 0.179 e. The Morgan fingerprint density at radius 2 is 2.58 bits per heavy atom. The molecule has 0 spiro atoms. The first-order valence-corrected chi connectivity index (χ1v) is 7.70. The monoisotopic (exact) mass is 238 g/mol. The zero-order valence-electron chi connectivity index (χ0n) is 7.16. The first-order valence-electron chi connectivity index (χ1n) is 3.99. The van der Waals surface area contributed by atoms with Crippen LogP contribution in [0.1, 0.15) is 13.3 Å². The lowest BCUT2D eigenvalue weighted by atomic mass is 10.3. The van der Waals surface area contributed by atoms with E-state index in [4.69, 9.17) is 0 Å². The third-order valence-corrected chi connectivity index (χ3v) is 5.48. The highest BCUT2D eigenvalue weighted by Gasteiger charge is 2.10. The number of thiol groups is 1. The molecule has 1 rings (SSSR count). The predicted octanol–water partition coefficient (Wildman–Crippen LogP) is 3.71. The predicted molar refractivity (Wildman–Crippen MR) is 68.5 cm³/mol. The molecule has 0 saturated carbocycles. The molecule has 1 aliphatic rings. The van der Waals surface area contributed by atoms with E-state index in [9.17, 15) is 0 Å². The van der Waals surface area contributed by atoms with Crippen molar-refractivity contribution in [3.8, 4) is 0 Å². The van der Waals surface area contributed by atoms with Crippen LogP contribution in [0.15, 0.2) is 10.3 Å². The number of hydrogen-bond donors (Lipinski definition) is 1. The van der Waals surface area contributed by atoms with E-state index in [0.717, 1.165) is 11.0 Å². The van der Waals surface area contributed by atoms with E-state index in [1.54, 1.807) is 4.91 Å². The van der Waals surface area contributed by atoms with E-state index in [0.29, 0.717) is 0 Å². The number of rotatable bonds is 5. The molecule has 4 heteroatoms. The van der Waals surface area contributed by atoms with Gasteiger partial charge in [0.05, 0.1) is 0 Å². The molecule has 0 amide bonds. The molecule has 0 saturated heterocycles. The van der Waals surface area contributed by atoms with E-state index >= 15 is 0 Å². The van der Waals surface area contributed by atoms with Crippen LogP contribution in [0.5, 0.6) is 0 Å². The molecular weight excluding hydrogens is 224 g/mol. The van der Waals surface area contributed by atoms with Gasteiger partial charge in [-0.3, -0.25) is 0 Å². The Hall–Kier alpha value is 1.14. The van der Waals surface area contributed by atoms with Gasteiger partial charge < -0.3 is 0 Å². The third-order valence-electron chi connectivity index (χ3n) is 1.51. The van der Waals surface area contributed by atoms with Crippen LogP contribution in [-0.4, -0.2) is 21.8 Å². The first kappa shape index (κ1) is 11.2. The maximum Gasteiger partial charge on any atom is 0.0478 e. The molecule has 0 nitrogen and oxygen atoms in total. The summed E-state index contributed by atoms with van der Waals surface area (Å²) < 4.78 is 0. The minimum atomic E-state index is 0.759. The second kappa shape index (κ2) is 6.57. The molecule has 0 radical (unpaired) electrons. The van der Waals surface area contributed by atoms with Crippen LogP contribution < -0.4 is 0 Å². The number of hydrogen-bond acceptors (Lipinski definition) is 4. The van der Waals surface area contributed by atoms with E-state index in [-0.39, 0.29) is 0 Å². The van der Waals surface area contributed by atoms with Crippen LogP contribution in [0.3, 0.4) is 0 Å². The van der Waals surface area contributed by atoms with Crippen LogP contribution >= 0.6 is 47.9 Å². The van der Waals surface area contributed by atoms with Crippen molar-refractivity contribution in [3.05, 3.63) is 10.3 Å². The third kappa shape index (κ3) is 4.40. The molecule has 0 aromatic carbocycles. The smallest absolute Gasteiger partial charge is 0.0478 e. The van der Waals surface area contributed by atoms with Crippen LogP contribution in [-0.2, 0) is 0 Å². The molecule has 1 atom stereocenters. The first-order chi connectivity index (χ1) is 5.83. The summed E-state index contributed by atoms with van der Waals surface area (Å²) in [5.74, 6) is 2.17. The molecule has 12 heavy (non-hydrogen) atoms. The molecule has 0 fully saturated rings. The molecule has 0 N–H and O–H groups in total. The zero-order chi connectivity index (χ0) is 8.81. The fraction of sp³-hybridized carbons (Fsp3) is 0.750. The van der Waals surface area contributed by atoms with Crippen molar-refractivity contribution in [3.63, 3.8) is 0 Å². The zero-order valence-corrected chi connectivity index (χ0v) is 10.5. The summed E-state index contributed by atoms with van der Waals surface area (Å²) in [6.45, 7) is 2.30. The van der Waals surface area contributed by atoms with E-state index in [2.05, 4.69) is 25.0 Å². The quantitative estimate of drug-likeness (QED) is 0.726. The SMILES string of the molecule is CC(CC1=CSCS1)SCCS.